The maximum atomic E-state index is 13.5. The molecule has 3 aromatic carbocycles. The van der Waals surface area contributed by atoms with Crippen molar-refractivity contribution < 1.29 is 14.0 Å². The Labute approximate surface area is 184 Å². The first-order valence-electron chi connectivity index (χ1n) is 10.1. The minimum absolute atomic E-state index is 0.191. The molecule has 32 heavy (non-hydrogen) atoms. The van der Waals surface area contributed by atoms with Crippen molar-refractivity contribution in [2.45, 2.75) is 6.92 Å². The van der Waals surface area contributed by atoms with Crippen LogP contribution in [-0.2, 0) is 0 Å². The third kappa shape index (κ3) is 3.39. The molecule has 2 aliphatic rings. The van der Waals surface area contributed by atoms with Crippen LogP contribution in [0.4, 0.5) is 21.5 Å². The standard InChI is InChI=1S/C25H19FN4O2/c1-16-6-9-18(26)14-21(16)24(31)28-19-10-7-17(8-11-19)25(32)29-15-20-12-13-27-30(20)23-5-3-2-4-22(23)29/h2-15,27H,1H3,(H,28,31). The average molecular weight is 426 g/mol. The molecule has 0 aromatic heterocycles. The Hall–Kier alpha value is -4.39. The number of amides is 2. The molecule has 7 heteroatoms. The molecule has 0 atom stereocenters. The number of benzene rings is 3. The molecule has 6 nitrogen and oxygen atoms in total. The zero-order valence-electron chi connectivity index (χ0n) is 17.2. The Morgan fingerprint density at radius 3 is 2.50 bits per heavy atom. The van der Waals surface area contributed by atoms with E-state index < -0.39 is 11.7 Å². The summed E-state index contributed by atoms with van der Waals surface area (Å²) in [5, 5.41) is 4.66. The number of allylic oxidation sites excluding steroid dienone is 1. The van der Waals surface area contributed by atoms with Gasteiger partial charge in [-0.15, -0.1) is 0 Å². The van der Waals surface area contributed by atoms with Crippen LogP contribution >= 0.6 is 0 Å². The van der Waals surface area contributed by atoms with Gasteiger partial charge < -0.3 is 10.7 Å². The number of nitrogens with zero attached hydrogens (tertiary/aromatic N) is 2. The molecular weight excluding hydrogens is 407 g/mol. The second-order valence-electron chi connectivity index (χ2n) is 7.51. The van der Waals surface area contributed by atoms with Gasteiger partial charge in [-0.05, 0) is 67.1 Å². The topological polar surface area (TPSA) is 64.7 Å². The lowest BCUT2D eigenvalue weighted by Gasteiger charge is -2.33. The van der Waals surface area contributed by atoms with E-state index in [-0.39, 0.29) is 11.5 Å². The van der Waals surface area contributed by atoms with E-state index in [9.17, 15) is 14.0 Å². The fourth-order valence-electron chi connectivity index (χ4n) is 3.75. The number of nitrogens with one attached hydrogen (secondary N) is 2. The molecule has 5 rings (SSSR count). The monoisotopic (exact) mass is 426 g/mol. The van der Waals surface area contributed by atoms with Gasteiger partial charge in [0, 0.05) is 29.2 Å². The molecule has 2 aliphatic heterocycles. The van der Waals surface area contributed by atoms with Crippen molar-refractivity contribution in [2.75, 3.05) is 15.2 Å². The molecule has 0 saturated carbocycles. The number of aryl methyl sites for hydroxylation is 1. The number of hydrogen-bond acceptors (Lipinski definition) is 4. The highest BCUT2D eigenvalue weighted by Gasteiger charge is 2.29. The van der Waals surface area contributed by atoms with Crippen LogP contribution in [0.5, 0.6) is 0 Å². The highest BCUT2D eigenvalue weighted by atomic mass is 19.1. The van der Waals surface area contributed by atoms with Crippen molar-refractivity contribution in [3.05, 3.63) is 113 Å². The number of rotatable bonds is 3. The Kier molecular flexibility index (Phi) is 4.71. The molecule has 3 aromatic rings. The van der Waals surface area contributed by atoms with Crippen molar-refractivity contribution >= 4 is 28.9 Å². The molecule has 2 N–H and O–H groups in total. The van der Waals surface area contributed by atoms with Gasteiger partial charge in [0.25, 0.3) is 11.8 Å². The zero-order valence-corrected chi connectivity index (χ0v) is 17.2. The normalized spacial score (nSPS) is 13.8. The quantitative estimate of drug-likeness (QED) is 0.636. The first kappa shape index (κ1) is 19.6. The van der Waals surface area contributed by atoms with Gasteiger partial charge in [-0.25, -0.2) is 4.39 Å². The number of hydrazine groups is 1. The SMILES string of the molecule is Cc1ccc(F)cc1C(=O)Nc1ccc(C(=O)N2C=C3C=CNN3c3ccccc32)cc1. The molecule has 0 fully saturated rings. The number of anilines is 3. The first-order valence-corrected chi connectivity index (χ1v) is 10.1. The Balaban J connectivity index is 1.38. The fourth-order valence-corrected chi connectivity index (χ4v) is 3.75. The van der Waals surface area contributed by atoms with E-state index in [1.807, 2.05) is 41.6 Å². The van der Waals surface area contributed by atoms with Gasteiger partial charge in [-0.2, -0.15) is 0 Å². The van der Waals surface area contributed by atoms with Crippen LogP contribution in [0.2, 0.25) is 0 Å². The summed E-state index contributed by atoms with van der Waals surface area (Å²) in [5.74, 6) is -1.07. The van der Waals surface area contributed by atoms with Crippen LogP contribution in [0.3, 0.4) is 0 Å². The minimum Gasteiger partial charge on any atom is -0.322 e. The molecule has 0 unspecified atom stereocenters. The number of carbonyl (C=O) groups is 2. The van der Waals surface area contributed by atoms with E-state index >= 15 is 0 Å². The smallest absolute Gasteiger partial charge is 0.262 e. The molecule has 0 saturated heterocycles. The molecular formula is C25H19FN4O2. The summed E-state index contributed by atoms with van der Waals surface area (Å²) in [6.45, 7) is 1.75. The van der Waals surface area contributed by atoms with Crippen LogP contribution in [0.1, 0.15) is 26.3 Å². The third-order valence-electron chi connectivity index (χ3n) is 5.41. The lowest BCUT2D eigenvalue weighted by atomic mass is 10.1. The number of carbonyl (C=O) groups excluding carboxylic acids is 2. The molecule has 0 aliphatic carbocycles. The summed E-state index contributed by atoms with van der Waals surface area (Å²) in [6.07, 6.45) is 5.49. The number of para-hydroxylation sites is 2. The summed E-state index contributed by atoms with van der Waals surface area (Å²) >= 11 is 0. The highest BCUT2D eigenvalue weighted by molar-refractivity contribution is 6.10. The molecule has 2 heterocycles. The van der Waals surface area contributed by atoms with E-state index in [4.69, 9.17) is 0 Å². The van der Waals surface area contributed by atoms with Crippen molar-refractivity contribution in [3.63, 3.8) is 0 Å². The average Bonchev–Trinajstić information content (AvgIpc) is 3.29. The van der Waals surface area contributed by atoms with Gasteiger partial charge in [-0.1, -0.05) is 18.2 Å². The van der Waals surface area contributed by atoms with Crippen LogP contribution in [0.25, 0.3) is 0 Å². The van der Waals surface area contributed by atoms with Crippen LogP contribution in [0.15, 0.2) is 90.9 Å². The summed E-state index contributed by atoms with van der Waals surface area (Å²) in [5.41, 5.74) is 7.56. The Morgan fingerprint density at radius 1 is 0.969 bits per heavy atom. The lowest BCUT2D eigenvalue weighted by molar-refractivity contribution is 0.0995. The van der Waals surface area contributed by atoms with Crippen molar-refractivity contribution in [3.8, 4) is 0 Å². The Bertz CT molecular complexity index is 1300. The predicted octanol–water partition coefficient (Wildman–Crippen LogP) is 4.73. The van der Waals surface area contributed by atoms with E-state index in [0.717, 1.165) is 17.1 Å². The molecule has 158 valence electrons. The van der Waals surface area contributed by atoms with Crippen LogP contribution in [-0.4, -0.2) is 11.8 Å². The van der Waals surface area contributed by atoms with Crippen molar-refractivity contribution in [2.24, 2.45) is 0 Å². The highest BCUT2D eigenvalue weighted by Crippen LogP contribution is 2.37. The Morgan fingerprint density at radius 2 is 1.72 bits per heavy atom. The molecule has 2 amide bonds. The van der Waals surface area contributed by atoms with E-state index in [1.54, 1.807) is 48.4 Å². The second-order valence-corrected chi connectivity index (χ2v) is 7.51. The molecule has 0 spiro atoms. The summed E-state index contributed by atoms with van der Waals surface area (Å²) in [4.78, 5) is 27.4. The van der Waals surface area contributed by atoms with Gasteiger partial charge in [0.1, 0.15) is 5.82 Å². The summed E-state index contributed by atoms with van der Waals surface area (Å²) in [7, 11) is 0. The van der Waals surface area contributed by atoms with E-state index in [2.05, 4.69) is 10.7 Å². The first-order chi connectivity index (χ1) is 15.5. The van der Waals surface area contributed by atoms with Crippen molar-refractivity contribution in [1.82, 2.24) is 5.43 Å². The molecule has 0 radical (unpaired) electrons. The van der Waals surface area contributed by atoms with Crippen molar-refractivity contribution in [1.29, 1.82) is 0 Å². The van der Waals surface area contributed by atoms with Gasteiger partial charge in [-0.3, -0.25) is 19.5 Å². The molecule has 0 bridgehead atoms. The summed E-state index contributed by atoms with van der Waals surface area (Å²) in [6, 6.07) is 18.4. The second kappa shape index (κ2) is 7.70. The largest absolute Gasteiger partial charge is 0.322 e. The predicted molar refractivity (Wildman–Crippen MR) is 122 cm³/mol. The van der Waals surface area contributed by atoms with Gasteiger partial charge in [0.05, 0.1) is 17.1 Å². The van der Waals surface area contributed by atoms with E-state index in [0.29, 0.717) is 16.8 Å². The van der Waals surface area contributed by atoms with Gasteiger partial charge >= 0.3 is 0 Å². The van der Waals surface area contributed by atoms with Gasteiger partial charge in [0.2, 0.25) is 0 Å². The number of hydrogen-bond donors (Lipinski definition) is 2. The number of fused-ring (bicyclic) bond motifs is 3. The van der Waals surface area contributed by atoms with Gasteiger partial charge in [0.15, 0.2) is 0 Å². The number of halogens is 1. The third-order valence-corrected chi connectivity index (χ3v) is 5.41. The minimum atomic E-state index is -0.469. The fraction of sp³-hybridized carbons (Fsp3) is 0.0400. The maximum absolute atomic E-state index is 13.5. The lowest BCUT2D eigenvalue weighted by Crippen LogP contribution is -2.37. The van der Waals surface area contributed by atoms with Crippen LogP contribution in [0, 0.1) is 12.7 Å². The maximum Gasteiger partial charge on any atom is 0.262 e. The van der Waals surface area contributed by atoms with E-state index in [1.165, 1.54) is 12.1 Å². The van der Waals surface area contributed by atoms with Crippen LogP contribution < -0.4 is 20.7 Å². The summed E-state index contributed by atoms with van der Waals surface area (Å²) < 4.78 is 13.5. The zero-order chi connectivity index (χ0) is 22.2.